The molecule has 6 heteroatoms. The van der Waals surface area contributed by atoms with Crippen LogP contribution in [0.1, 0.15) is 56.0 Å². The standard InChI is InChI=1S/C24H30N2O3S/c1-23(2)13-20-14-24(3,16-23)17-26(20)22(27)19-10-7-11-21(12-19)30(28,29)25-15-18-8-5-4-6-9-18/h4-12,20,25H,13-17H2,1-3H3. The van der Waals surface area contributed by atoms with Crippen LogP contribution in [0.25, 0.3) is 0 Å². The largest absolute Gasteiger partial charge is 0.335 e. The Labute approximate surface area is 179 Å². The molecule has 1 saturated heterocycles. The quantitative estimate of drug-likeness (QED) is 0.779. The maximum atomic E-state index is 13.3. The van der Waals surface area contributed by atoms with Crippen molar-refractivity contribution in [3.8, 4) is 0 Å². The molecule has 1 aliphatic carbocycles. The van der Waals surface area contributed by atoms with Crippen molar-refractivity contribution in [2.75, 3.05) is 6.54 Å². The summed E-state index contributed by atoms with van der Waals surface area (Å²) in [7, 11) is -3.71. The van der Waals surface area contributed by atoms with E-state index in [1.807, 2.05) is 35.2 Å². The molecular weight excluding hydrogens is 396 g/mol. The van der Waals surface area contributed by atoms with E-state index in [9.17, 15) is 13.2 Å². The highest BCUT2D eigenvalue weighted by molar-refractivity contribution is 7.89. The molecule has 0 spiro atoms. The Kier molecular flexibility index (Phi) is 5.27. The van der Waals surface area contributed by atoms with Crippen LogP contribution >= 0.6 is 0 Å². The van der Waals surface area contributed by atoms with Gasteiger partial charge in [0.1, 0.15) is 0 Å². The van der Waals surface area contributed by atoms with Gasteiger partial charge in [0.15, 0.2) is 0 Å². The predicted molar refractivity (Wildman–Crippen MR) is 117 cm³/mol. The van der Waals surface area contributed by atoms with Gasteiger partial charge in [-0.1, -0.05) is 57.2 Å². The molecule has 30 heavy (non-hydrogen) atoms. The molecule has 1 saturated carbocycles. The number of carbonyl (C=O) groups is 1. The fourth-order valence-corrected chi connectivity index (χ4v) is 6.58. The van der Waals surface area contributed by atoms with Crippen molar-refractivity contribution in [3.05, 3.63) is 65.7 Å². The van der Waals surface area contributed by atoms with Gasteiger partial charge in [-0.15, -0.1) is 0 Å². The molecule has 1 N–H and O–H groups in total. The highest BCUT2D eigenvalue weighted by atomic mass is 32.2. The van der Waals surface area contributed by atoms with E-state index in [1.165, 1.54) is 12.1 Å². The number of hydrogen-bond acceptors (Lipinski definition) is 3. The second kappa shape index (κ2) is 7.50. The number of benzene rings is 2. The summed E-state index contributed by atoms with van der Waals surface area (Å²) in [5.41, 5.74) is 1.68. The van der Waals surface area contributed by atoms with Crippen LogP contribution in [0.2, 0.25) is 0 Å². The number of nitrogens with zero attached hydrogens (tertiary/aromatic N) is 1. The van der Waals surface area contributed by atoms with E-state index in [2.05, 4.69) is 25.5 Å². The van der Waals surface area contributed by atoms with Gasteiger partial charge in [0.2, 0.25) is 10.0 Å². The molecule has 4 rings (SSSR count). The van der Waals surface area contributed by atoms with E-state index < -0.39 is 10.0 Å². The Bertz CT molecular complexity index is 1050. The van der Waals surface area contributed by atoms with Crippen molar-refractivity contribution in [1.29, 1.82) is 0 Å². The molecule has 1 amide bonds. The molecule has 2 bridgehead atoms. The normalized spacial score (nSPS) is 25.3. The van der Waals surface area contributed by atoms with Crippen LogP contribution in [0.4, 0.5) is 0 Å². The number of amides is 1. The second-order valence-electron chi connectivity index (χ2n) is 9.98. The monoisotopic (exact) mass is 426 g/mol. The first-order chi connectivity index (χ1) is 14.1. The minimum atomic E-state index is -3.71. The minimum Gasteiger partial charge on any atom is -0.335 e. The summed E-state index contributed by atoms with van der Waals surface area (Å²) in [4.78, 5) is 15.4. The smallest absolute Gasteiger partial charge is 0.254 e. The Morgan fingerprint density at radius 3 is 2.53 bits per heavy atom. The first-order valence-electron chi connectivity index (χ1n) is 10.5. The lowest BCUT2D eigenvalue weighted by molar-refractivity contribution is 0.0708. The SMILES string of the molecule is CC1(C)CC2CC(C)(CN2C(=O)c2cccc(S(=O)(=O)NCc3ccccc3)c2)C1. The zero-order valence-electron chi connectivity index (χ0n) is 17.9. The van der Waals surface area contributed by atoms with E-state index in [0.29, 0.717) is 5.56 Å². The third-order valence-electron chi connectivity index (χ3n) is 6.38. The summed E-state index contributed by atoms with van der Waals surface area (Å²) < 4.78 is 28.2. The zero-order chi connectivity index (χ0) is 21.6. The van der Waals surface area contributed by atoms with Crippen LogP contribution in [0, 0.1) is 10.8 Å². The van der Waals surface area contributed by atoms with Gasteiger partial charge in [0, 0.05) is 24.7 Å². The molecule has 5 nitrogen and oxygen atoms in total. The fourth-order valence-electron chi connectivity index (χ4n) is 5.52. The summed E-state index contributed by atoms with van der Waals surface area (Å²) in [6, 6.07) is 16.0. The summed E-state index contributed by atoms with van der Waals surface area (Å²) in [5.74, 6) is -0.0680. The Balaban J connectivity index is 1.52. The van der Waals surface area contributed by atoms with E-state index in [4.69, 9.17) is 0 Å². The third-order valence-corrected chi connectivity index (χ3v) is 7.78. The molecule has 1 aliphatic heterocycles. The second-order valence-corrected chi connectivity index (χ2v) is 11.8. The average molecular weight is 427 g/mol. The van der Waals surface area contributed by atoms with E-state index in [-0.39, 0.29) is 34.2 Å². The first-order valence-corrected chi connectivity index (χ1v) is 12.0. The van der Waals surface area contributed by atoms with Gasteiger partial charge in [-0.05, 0) is 53.9 Å². The Morgan fingerprint density at radius 1 is 1.07 bits per heavy atom. The molecule has 160 valence electrons. The van der Waals surface area contributed by atoms with Crippen molar-refractivity contribution >= 4 is 15.9 Å². The van der Waals surface area contributed by atoms with Gasteiger partial charge in [0.05, 0.1) is 4.90 Å². The van der Waals surface area contributed by atoms with E-state index in [0.717, 1.165) is 31.4 Å². The fraction of sp³-hybridized carbons (Fsp3) is 0.458. The third kappa shape index (κ3) is 4.30. The van der Waals surface area contributed by atoms with Crippen LogP contribution in [-0.2, 0) is 16.6 Å². The number of nitrogens with one attached hydrogen (secondary N) is 1. The van der Waals surface area contributed by atoms with Crippen molar-refractivity contribution in [2.24, 2.45) is 10.8 Å². The van der Waals surface area contributed by atoms with E-state index in [1.54, 1.807) is 12.1 Å². The molecule has 2 aliphatic rings. The summed E-state index contributed by atoms with van der Waals surface area (Å²) in [5, 5.41) is 0. The predicted octanol–water partition coefficient (Wildman–Crippen LogP) is 4.21. The molecule has 2 unspecified atom stereocenters. The Morgan fingerprint density at radius 2 is 1.80 bits per heavy atom. The molecule has 1 heterocycles. The average Bonchev–Trinajstić information content (AvgIpc) is 2.95. The first kappa shape index (κ1) is 21.1. The minimum absolute atomic E-state index is 0.0680. The molecular formula is C24H30N2O3S. The molecule has 2 aromatic carbocycles. The van der Waals surface area contributed by atoms with Gasteiger partial charge >= 0.3 is 0 Å². The summed E-state index contributed by atoms with van der Waals surface area (Å²) in [6.45, 7) is 7.77. The maximum Gasteiger partial charge on any atom is 0.254 e. The number of sulfonamides is 1. The van der Waals surface area contributed by atoms with Gasteiger partial charge in [0.25, 0.3) is 5.91 Å². The van der Waals surface area contributed by atoms with Crippen LogP contribution in [-0.4, -0.2) is 31.8 Å². The number of likely N-dealkylation sites (tertiary alicyclic amines) is 1. The molecule has 0 radical (unpaired) electrons. The van der Waals surface area contributed by atoms with Crippen LogP contribution < -0.4 is 4.72 Å². The number of carbonyl (C=O) groups excluding carboxylic acids is 1. The van der Waals surface area contributed by atoms with Gasteiger partial charge in [-0.2, -0.15) is 0 Å². The van der Waals surface area contributed by atoms with Crippen molar-refractivity contribution in [3.63, 3.8) is 0 Å². The van der Waals surface area contributed by atoms with Crippen LogP contribution in [0.15, 0.2) is 59.5 Å². The number of rotatable bonds is 5. The Hall–Kier alpha value is -2.18. The van der Waals surface area contributed by atoms with Crippen molar-refractivity contribution in [1.82, 2.24) is 9.62 Å². The molecule has 2 atom stereocenters. The summed E-state index contributed by atoms with van der Waals surface area (Å²) >= 11 is 0. The lowest BCUT2D eigenvalue weighted by Crippen LogP contribution is -2.37. The van der Waals surface area contributed by atoms with Crippen molar-refractivity contribution < 1.29 is 13.2 Å². The lowest BCUT2D eigenvalue weighted by Gasteiger charge is -2.39. The lowest BCUT2D eigenvalue weighted by atomic mass is 9.65. The molecule has 2 aromatic rings. The highest BCUT2D eigenvalue weighted by Crippen LogP contribution is 2.52. The number of fused-ring (bicyclic) bond motifs is 2. The number of hydrogen-bond donors (Lipinski definition) is 1. The van der Waals surface area contributed by atoms with Crippen LogP contribution in [0.5, 0.6) is 0 Å². The van der Waals surface area contributed by atoms with E-state index >= 15 is 0 Å². The highest BCUT2D eigenvalue weighted by Gasteiger charge is 2.51. The van der Waals surface area contributed by atoms with Gasteiger partial charge in [-0.25, -0.2) is 13.1 Å². The van der Waals surface area contributed by atoms with Crippen molar-refractivity contribution in [2.45, 2.75) is 57.5 Å². The topological polar surface area (TPSA) is 66.5 Å². The van der Waals surface area contributed by atoms with Gasteiger partial charge < -0.3 is 4.90 Å². The van der Waals surface area contributed by atoms with Crippen LogP contribution in [0.3, 0.4) is 0 Å². The summed E-state index contributed by atoms with van der Waals surface area (Å²) in [6.07, 6.45) is 3.13. The zero-order valence-corrected chi connectivity index (χ0v) is 18.7. The van der Waals surface area contributed by atoms with Gasteiger partial charge in [-0.3, -0.25) is 4.79 Å². The molecule has 0 aromatic heterocycles. The molecule has 2 fully saturated rings. The maximum absolute atomic E-state index is 13.3.